The van der Waals surface area contributed by atoms with Crippen molar-refractivity contribution in [3.05, 3.63) is 58.3 Å². The van der Waals surface area contributed by atoms with Crippen molar-refractivity contribution in [3.63, 3.8) is 0 Å². The fraction of sp³-hybridized carbons (Fsp3) is 0. The second-order valence-corrected chi connectivity index (χ2v) is 4.28. The first-order valence-electron chi connectivity index (χ1n) is 4.88. The second-order valence-electron chi connectivity index (χ2n) is 3.30. The molecule has 2 N–H and O–H groups in total. The Hall–Kier alpha value is -1.87. The monoisotopic (exact) mass is 229 g/mol. The van der Waals surface area contributed by atoms with Crippen molar-refractivity contribution in [2.24, 2.45) is 0 Å². The van der Waals surface area contributed by atoms with Crippen LogP contribution in [0.25, 0.3) is 6.08 Å². The van der Waals surface area contributed by atoms with Crippen molar-refractivity contribution in [2.75, 3.05) is 5.73 Å². The lowest BCUT2D eigenvalue weighted by Gasteiger charge is -1.99. The summed E-state index contributed by atoms with van der Waals surface area (Å²) in [7, 11) is 0. The first kappa shape index (κ1) is 10.6. The highest BCUT2D eigenvalue weighted by molar-refractivity contribution is 7.10. The third kappa shape index (κ3) is 2.38. The van der Waals surface area contributed by atoms with Crippen LogP contribution in [-0.2, 0) is 0 Å². The maximum Gasteiger partial charge on any atom is 0.187 e. The summed E-state index contributed by atoms with van der Waals surface area (Å²) in [5.41, 5.74) is 6.79. The summed E-state index contributed by atoms with van der Waals surface area (Å²) in [6, 6.07) is 11.0. The summed E-state index contributed by atoms with van der Waals surface area (Å²) in [5.74, 6) is -0.0634. The Morgan fingerprint density at radius 1 is 1.19 bits per heavy atom. The van der Waals surface area contributed by atoms with Crippen LogP contribution in [0.4, 0.5) is 5.69 Å². The molecule has 0 fully saturated rings. The summed E-state index contributed by atoms with van der Waals surface area (Å²) >= 11 is 1.59. The molecule has 0 saturated carbocycles. The van der Waals surface area contributed by atoms with Crippen molar-refractivity contribution in [3.8, 4) is 0 Å². The highest BCUT2D eigenvalue weighted by Gasteiger charge is 2.04. The SMILES string of the molecule is Nc1ccccc1C(=O)/C=C/c1cccs1. The normalized spacial score (nSPS) is 10.8. The van der Waals surface area contributed by atoms with E-state index >= 15 is 0 Å². The lowest BCUT2D eigenvalue weighted by molar-refractivity contribution is 0.104. The van der Waals surface area contributed by atoms with Gasteiger partial charge in [0.2, 0.25) is 0 Å². The lowest BCUT2D eigenvalue weighted by atomic mass is 10.1. The quantitative estimate of drug-likeness (QED) is 0.499. The summed E-state index contributed by atoms with van der Waals surface area (Å²) < 4.78 is 0. The molecule has 2 rings (SSSR count). The molecule has 2 nitrogen and oxygen atoms in total. The Balaban J connectivity index is 2.18. The highest BCUT2D eigenvalue weighted by Crippen LogP contribution is 2.14. The van der Waals surface area contributed by atoms with E-state index in [1.54, 1.807) is 35.6 Å². The molecule has 0 amide bonds. The van der Waals surface area contributed by atoms with Crippen LogP contribution in [-0.4, -0.2) is 5.78 Å². The Morgan fingerprint density at radius 3 is 2.69 bits per heavy atom. The van der Waals surface area contributed by atoms with Crippen LogP contribution in [0.3, 0.4) is 0 Å². The first-order chi connectivity index (χ1) is 7.77. The Labute approximate surface area is 98.0 Å². The van der Waals surface area contributed by atoms with E-state index in [9.17, 15) is 4.79 Å². The summed E-state index contributed by atoms with van der Waals surface area (Å²) in [5, 5.41) is 1.97. The molecule has 2 aromatic rings. The van der Waals surface area contributed by atoms with Crippen LogP contribution in [0.15, 0.2) is 47.9 Å². The summed E-state index contributed by atoms with van der Waals surface area (Å²) in [6.45, 7) is 0. The van der Waals surface area contributed by atoms with Crippen LogP contribution < -0.4 is 5.73 Å². The van der Waals surface area contributed by atoms with Gasteiger partial charge in [0, 0.05) is 16.1 Å². The number of carbonyl (C=O) groups excluding carboxylic acids is 1. The van der Waals surface area contributed by atoms with Crippen LogP contribution >= 0.6 is 11.3 Å². The summed E-state index contributed by atoms with van der Waals surface area (Å²) in [6.07, 6.45) is 3.36. The maximum absolute atomic E-state index is 11.8. The molecule has 1 heterocycles. The van der Waals surface area contributed by atoms with Gasteiger partial charge in [0.25, 0.3) is 0 Å². The molecule has 0 unspecified atom stereocenters. The number of hydrogen-bond acceptors (Lipinski definition) is 3. The van der Waals surface area contributed by atoms with Crippen molar-refractivity contribution < 1.29 is 4.79 Å². The number of hydrogen-bond donors (Lipinski definition) is 1. The molecule has 1 aromatic heterocycles. The van der Waals surface area contributed by atoms with E-state index in [-0.39, 0.29) is 5.78 Å². The van der Waals surface area contributed by atoms with Crippen molar-refractivity contribution in [2.45, 2.75) is 0 Å². The van der Waals surface area contributed by atoms with E-state index < -0.39 is 0 Å². The fourth-order valence-corrected chi connectivity index (χ4v) is 1.97. The number of rotatable bonds is 3. The van der Waals surface area contributed by atoms with E-state index in [1.165, 1.54) is 0 Å². The second kappa shape index (κ2) is 4.77. The molecule has 0 radical (unpaired) electrons. The third-order valence-electron chi connectivity index (χ3n) is 2.17. The smallest absolute Gasteiger partial charge is 0.187 e. The number of nitrogens with two attached hydrogens (primary N) is 1. The number of para-hydroxylation sites is 1. The van der Waals surface area contributed by atoms with Crippen molar-refractivity contribution in [1.82, 2.24) is 0 Å². The predicted octanol–water partition coefficient (Wildman–Crippen LogP) is 3.23. The number of benzene rings is 1. The van der Waals surface area contributed by atoms with E-state index in [0.717, 1.165) is 4.88 Å². The standard InChI is InChI=1S/C13H11NOS/c14-12-6-2-1-5-11(12)13(15)8-7-10-4-3-9-16-10/h1-9H,14H2/b8-7+. The Bertz CT molecular complexity index is 514. The molecule has 1 aromatic carbocycles. The zero-order chi connectivity index (χ0) is 11.4. The van der Waals surface area contributed by atoms with Gasteiger partial charge in [0.1, 0.15) is 0 Å². The van der Waals surface area contributed by atoms with E-state index in [0.29, 0.717) is 11.3 Å². The molecule has 3 heteroatoms. The number of allylic oxidation sites excluding steroid dienone is 1. The van der Waals surface area contributed by atoms with Gasteiger partial charge in [0.15, 0.2) is 5.78 Å². The highest BCUT2D eigenvalue weighted by atomic mass is 32.1. The van der Waals surface area contributed by atoms with Gasteiger partial charge < -0.3 is 5.73 Å². The molecule has 0 atom stereocenters. The Morgan fingerprint density at radius 2 is 2.00 bits per heavy atom. The largest absolute Gasteiger partial charge is 0.398 e. The number of carbonyl (C=O) groups is 1. The van der Waals surface area contributed by atoms with E-state index in [4.69, 9.17) is 5.73 Å². The molecule has 16 heavy (non-hydrogen) atoms. The van der Waals surface area contributed by atoms with Crippen LogP contribution in [0.5, 0.6) is 0 Å². The van der Waals surface area contributed by atoms with E-state index in [1.807, 2.05) is 29.6 Å². The first-order valence-corrected chi connectivity index (χ1v) is 5.76. The van der Waals surface area contributed by atoms with Gasteiger partial charge in [-0.15, -0.1) is 11.3 Å². The number of nitrogen functional groups attached to an aromatic ring is 1. The molecule has 0 spiro atoms. The minimum atomic E-state index is -0.0634. The fourth-order valence-electron chi connectivity index (χ4n) is 1.36. The van der Waals surface area contributed by atoms with E-state index in [2.05, 4.69) is 0 Å². The Kier molecular flexibility index (Phi) is 3.17. The number of anilines is 1. The average Bonchev–Trinajstić information content (AvgIpc) is 2.79. The number of ketones is 1. The number of thiophene rings is 1. The van der Waals surface area contributed by atoms with Crippen LogP contribution in [0, 0.1) is 0 Å². The van der Waals surface area contributed by atoms with Gasteiger partial charge >= 0.3 is 0 Å². The molecular formula is C13H11NOS. The molecule has 0 aliphatic carbocycles. The van der Waals surface area contributed by atoms with Crippen LogP contribution in [0.2, 0.25) is 0 Å². The molecular weight excluding hydrogens is 218 g/mol. The molecule has 0 aliphatic heterocycles. The molecule has 0 saturated heterocycles. The molecule has 80 valence electrons. The zero-order valence-corrected chi connectivity index (χ0v) is 9.41. The predicted molar refractivity (Wildman–Crippen MR) is 68.5 cm³/mol. The maximum atomic E-state index is 11.8. The van der Waals surface area contributed by atoms with Crippen molar-refractivity contribution >= 4 is 28.9 Å². The van der Waals surface area contributed by atoms with Gasteiger partial charge in [-0.25, -0.2) is 0 Å². The van der Waals surface area contributed by atoms with Gasteiger partial charge in [-0.05, 0) is 35.7 Å². The molecule has 0 aliphatic rings. The lowest BCUT2D eigenvalue weighted by Crippen LogP contribution is -1.99. The average molecular weight is 229 g/mol. The topological polar surface area (TPSA) is 43.1 Å². The zero-order valence-electron chi connectivity index (χ0n) is 8.59. The minimum absolute atomic E-state index is 0.0634. The van der Waals surface area contributed by atoms with Gasteiger partial charge in [-0.2, -0.15) is 0 Å². The van der Waals surface area contributed by atoms with Gasteiger partial charge in [-0.1, -0.05) is 18.2 Å². The minimum Gasteiger partial charge on any atom is -0.398 e. The van der Waals surface area contributed by atoms with Gasteiger partial charge in [-0.3, -0.25) is 4.79 Å². The van der Waals surface area contributed by atoms with Crippen LogP contribution in [0.1, 0.15) is 15.2 Å². The van der Waals surface area contributed by atoms with Crippen molar-refractivity contribution in [1.29, 1.82) is 0 Å². The van der Waals surface area contributed by atoms with Gasteiger partial charge in [0.05, 0.1) is 0 Å². The molecule has 0 bridgehead atoms. The third-order valence-corrected chi connectivity index (χ3v) is 3.01. The summed E-state index contributed by atoms with van der Waals surface area (Å²) in [4.78, 5) is 12.9.